The van der Waals surface area contributed by atoms with Crippen LogP contribution in [0.1, 0.15) is 25.7 Å². The molecule has 0 amide bonds. The first-order valence-corrected chi connectivity index (χ1v) is 5.51. The Hall–Kier alpha value is -0.950. The molecule has 4 saturated carbocycles. The average molecular weight is 190 g/mol. The highest BCUT2D eigenvalue weighted by Crippen LogP contribution is 2.60. The van der Waals surface area contributed by atoms with Crippen LogP contribution >= 0.6 is 0 Å². The Kier molecular flexibility index (Phi) is 1.65. The van der Waals surface area contributed by atoms with Crippen molar-refractivity contribution in [2.45, 2.75) is 25.7 Å². The summed E-state index contributed by atoms with van der Waals surface area (Å²) in [5, 5.41) is 0. The molecule has 0 aromatic heterocycles. The van der Waals surface area contributed by atoms with Gasteiger partial charge >= 0.3 is 6.21 Å². The fourth-order valence-electron chi connectivity index (χ4n) is 4.32. The number of hydrogen-bond acceptors (Lipinski definition) is 1. The predicted molar refractivity (Wildman–Crippen MR) is 50.6 cm³/mol. The Morgan fingerprint density at radius 1 is 1.21 bits per heavy atom. The third-order valence-corrected chi connectivity index (χ3v) is 4.57. The molecule has 0 aromatic rings. The average Bonchev–Trinajstić information content (AvgIpc) is 2.55. The lowest BCUT2D eigenvalue weighted by Gasteiger charge is -2.29. The van der Waals surface area contributed by atoms with E-state index in [9.17, 15) is 4.79 Å². The van der Waals surface area contributed by atoms with Gasteiger partial charge in [-0.2, -0.15) is 4.79 Å². The Morgan fingerprint density at radius 3 is 2.71 bits per heavy atom. The van der Waals surface area contributed by atoms with Crippen molar-refractivity contribution < 1.29 is 9.58 Å². The second-order valence-electron chi connectivity index (χ2n) is 5.17. The van der Waals surface area contributed by atoms with E-state index in [4.69, 9.17) is 5.53 Å². The molecule has 0 aliphatic heterocycles. The monoisotopic (exact) mass is 190 g/mol. The maximum atomic E-state index is 11.7. The molecule has 5 atom stereocenters. The summed E-state index contributed by atoms with van der Waals surface area (Å²) < 4.78 is 0. The first-order valence-electron chi connectivity index (χ1n) is 5.51. The highest BCUT2D eigenvalue weighted by molar-refractivity contribution is 6.26. The standard InChI is InChI=1S/C11H14N2O/c12-13-5-10(14)11-8-2-6-1-7(4-8)9(11)3-6/h5-9,11H,1-4H2. The summed E-state index contributed by atoms with van der Waals surface area (Å²) >= 11 is 0. The minimum absolute atomic E-state index is 0.0605. The maximum Gasteiger partial charge on any atom is 0.323 e. The van der Waals surface area contributed by atoms with Crippen LogP contribution in [0.25, 0.3) is 5.53 Å². The second-order valence-corrected chi connectivity index (χ2v) is 5.17. The molecule has 0 saturated heterocycles. The molecule has 4 aliphatic rings. The van der Waals surface area contributed by atoms with Crippen LogP contribution in [0, 0.1) is 29.6 Å². The SMILES string of the molecule is [N-]=[N+]=CC(=O)C1C2CC3CC(C2)C1C3. The first-order chi connectivity index (χ1) is 6.79. The lowest BCUT2D eigenvalue weighted by molar-refractivity contribution is -0.122. The number of Topliss-reactive ketones (excluding diaryl/α,β-unsaturated/α-hetero) is 1. The predicted octanol–water partition coefficient (Wildman–Crippen LogP) is 1.54. The lowest BCUT2D eigenvalue weighted by Crippen LogP contribution is -2.30. The molecule has 14 heavy (non-hydrogen) atoms. The Morgan fingerprint density at radius 2 is 2.00 bits per heavy atom. The van der Waals surface area contributed by atoms with Crippen LogP contribution in [0.2, 0.25) is 0 Å². The lowest BCUT2D eigenvalue weighted by atomic mass is 9.74. The van der Waals surface area contributed by atoms with Gasteiger partial charge in [-0.15, -0.1) is 0 Å². The zero-order valence-corrected chi connectivity index (χ0v) is 8.10. The Bertz CT molecular complexity index is 328. The topological polar surface area (TPSA) is 53.5 Å². The van der Waals surface area contributed by atoms with E-state index >= 15 is 0 Å². The maximum absolute atomic E-state index is 11.7. The smallest absolute Gasteiger partial charge is 0.323 e. The van der Waals surface area contributed by atoms with Gasteiger partial charge in [-0.25, -0.2) is 0 Å². The summed E-state index contributed by atoms with van der Waals surface area (Å²) in [5.41, 5.74) is 8.39. The molecular weight excluding hydrogens is 176 g/mol. The zero-order chi connectivity index (χ0) is 9.71. The van der Waals surface area contributed by atoms with Crippen LogP contribution < -0.4 is 0 Å². The summed E-state index contributed by atoms with van der Waals surface area (Å²) in [5.74, 6) is 3.17. The molecule has 4 aliphatic carbocycles. The molecule has 74 valence electrons. The molecule has 4 fully saturated rings. The van der Waals surface area contributed by atoms with Crippen molar-refractivity contribution in [3.05, 3.63) is 5.53 Å². The van der Waals surface area contributed by atoms with Crippen molar-refractivity contribution >= 4 is 12.0 Å². The van der Waals surface area contributed by atoms with Gasteiger partial charge in [-0.1, -0.05) is 0 Å². The molecule has 5 unspecified atom stereocenters. The molecule has 4 rings (SSSR count). The van der Waals surface area contributed by atoms with Gasteiger partial charge in [-0.05, 0) is 49.4 Å². The summed E-state index contributed by atoms with van der Waals surface area (Å²) in [6, 6.07) is 0. The van der Waals surface area contributed by atoms with Gasteiger partial charge in [0, 0.05) is 5.92 Å². The van der Waals surface area contributed by atoms with E-state index in [2.05, 4.69) is 4.79 Å². The summed E-state index contributed by atoms with van der Waals surface area (Å²) in [6.45, 7) is 0. The first kappa shape index (κ1) is 8.37. The van der Waals surface area contributed by atoms with Crippen LogP contribution in [0.3, 0.4) is 0 Å². The summed E-state index contributed by atoms with van der Waals surface area (Å²) in [7, 11) is 0. The van der Waals surface area contributed by atoms with Crippen molar-refractivity contribution in [1.29, 1.82) is 0 Å². The Balaban J connectivity index is 1.88. The van der Waals surface area contributed by atoms with Crippen molar-refractivity contribution in [2.75, 3.05) is 0 Å². The van der Waals surface area contributed by atoms with Gasteiger partial charge in [0.15, 0.2) is 0 Å². The van der Waals surface area contributed by atoms with E-state index in [0.717, 1.165) is 18.1 Å². The van der Waals surface area contributed by atoms with E-state index in [-0.39, 0.29) is 11.7 Å². The normalized spacial score (nSPS) is 47.9. The van der Waals surface area contributed by atoms with Crippen LogP contribution in [0.15, 0.2) is 0 Å². The number of hydrogen-bond donors (Lipinski definition) is 0. The van der Waals surface area contributed by atoms with Gasteiger partial charge < -0.3 is 5.53 Å². The molecule has 4 bridgehead atoms. The molecule has 0 spiro atoms. The molecule has 3 heteroatoms. The van der Waals surface area contributed by atoms with Crippen molar-refractivity contribution in [2.24, 2.45) is 29.6 Å². The van der Waals surface area contributed by atoms with Crippen LogP contribution in [-0.4, -0.2) is 16.8 Å². The molecule has 0 heterocycles. The second kappa shape index (κ2) is 2.77. The largest absolute Gasteiger partial charge is 0.361 e. The molecule has 0 N–H and O–H groups in total. The van der Waals surface area contributed by atoms with E-state index in [1.807, 2.05) is 0 Å². The number of nitrogens with zero attached hydrogens (tertiary/aromatic N) is 2. The van der Waals surface area contributed by atoms with Crippen molar-refractivity contribution in [1.82, 2.24) is 0 Å². The van der Waals surface area contributed by atoms with Gasteiger partial charge in [0.1, 0.15) is 0 Å². The third-order valence-electron chi connectivity index (χ3n) is 4.57. The molecule has 3 nitrogen and oxygen atoms in total. The fraction of sp³-hybridized carbons (Fsp3) is 0.818. The highest BCUT2D eigenvalue weighted by Gasteiger charge is 2.56. The van der Waals surface area contributed by atoms with E-state index in [1.165, 1.54) is 25.7 Å². The zero-order valence-electron chi connectivity index (χ0n) is 8.10. The quantitative estimate of drug-likeness (QED) is 0.370. The Labute approximate surface area is 83.1 Å². The summed E-state index contributed by atoms with van der Waals surface area (Å²) in [6.07, 6.45) is 6.19. The van der Waals surface area contributed by atoms with E-state index < -0.39 is 0 Å². The van der Waals surface area contributed by atoms with Gasteiger partial charge in [0.25, 0.3) is 0 Å². The third kappa shape index (κ3) is 0.963. The van der Waals surface area contributed by atoms with Crippen molar-refractivity contribution in [3.8, 4) is 0 Å². The fourth-order valence-corrected chi connectivity index (χ4v) is 4.32. The van der Waals surface area contributed by atoms with Gasteiger partial charge in [0.05, 0.1) is 0 Å². The van der Waals surface area contributed by atoms with Gasteiger partial charge in [-0.3, -0.25) is 4.79 Å². The number of carbonyl (C=O) groups excluding carboxylic acids is 1. The number of rotatable bonds is 2. The van der Waals surface area contributed by atoms with Crippen LogP contribution in [-0.2, 0) is 4.79 Å². The number of carbonyl (C=O) groups is 1. The summed E-state index contributed by atoms with van der Waals surface area (Å²) in [4.78, 5) is 14.6. The van der Waals surface area contributed by atoms with Crippen LogP contribution in [0.5, 0.6) is 0 Å². The molecular formula is C11H14N2O. The minimum Gasteiger partial charge on any atom is -0.361 e. The minimum atomic E-state index is 0.0605. The number of ketones is 1. The van der Waals surface area contributed by atoms with E-state index in [0.29, 0.717) is 11.8 Å². The highest BCUT2D eigenvalue weighted by atomic mass is 16.1. The van der Waals surface area contributed by atoms with E-state index in [1.54, 1.807) is 0 Å². The molecule has 0 aromatic carbocycles. The van der Waals surface area contributed by atoms with Crippen LogP contribution in [0.4, 0.5) is 0 Å². The van der Waals surface area contributed by atoms with Gasteiger partial charge in [0.2, 0.25) is 5.78 Å². The molecule has 0 radical (unpaired) electrons. The van der Waals surface area contributed by atoms with Crippen molar-refractivity contribution in [3.63, 3.8) is 0 Å².